The number of aliphatic hydroxyl groups is 1. The number of rotatable bonds is 12. The molecule has 3 rings (SSSR count). The van der Waals surface area contributed by atoms with E-state index in [4.69, 9.17) is 9.94 Å². The zero-order chi connectivity index (χ0) is 24.3. The van der Waals surface area contributed by atoms with Crippen molar-refractivity contribution in [3.05, 3.63) is 52.2 Å². The summed E-state index contributed by atoms with van der Waals surface area (Å²) in [5.41, 5.74) is 2.58. The van der Waals surface area contributed by atoms with Crippen molar-refractivity contribution in [1.29, 1.82) is 0 Å². The molecular formula is C25H35N3O5S. The summed E-state index contributed by atoms with van der Waals surface area (Å²) in [6, 6.07) is 12.0. The van der Waals surface area contributed by atoms with Crippen molar-refractivity contribution in [2.75, 3.05) is 39.3 Å². The second kappa shape index (κ2) is 13.4. The van der Waals surface area contributed by atoms with Gasteiger partial charge in [0.25, 0.3) is 5.91 Å². The summed E-state index contributed by atoms with van der Waals surface area (Å²) in [6.45, 7) is 6.14. The van der Waals surface area contributed by atoms with Crippen molar-refractivity contribution in [3.8, 4) is 5.75 Å². The van der Waals surface area contributed by atoms with Gasteiger partial charge < -0.3 is 14.7 Å². The number of piperazine rings is 1. The fourth-order valence-electron chi connectivity index (χ4n) is 4.26. The Kier molecular flexibility index (Phi) is 10.3. The topological polar surface area (TPSA) is 102 Å². The highest BCUT2D eigenvalue weighted by Crippen LogP contribution is 2.21. The molecule has 8 nitrogen and oxygen atoms in total. The van der Waals surface area contributed by atoms with Crippen LogP contribution in [0.4, 0.5) is 0 Å². The van der Waals surface area contributed by atoms with E-state index in [0.717, 1.165) is 37.4 Å². The highest BCUT2D eigenvalue weighted by atomic mass is 32.1. The van der Waals surface area contributed by atoms with Crippen LogP contribution in [0.3, 0.4) is 0 Å². The van der Waals surface area contributed by atoms with Gasteiger partial charge in [0.2, 0.25) is 5.91 Å². The average molecular weight is 490 g/mol. The molecule has 9 heteroatoms. The molecule has 1 fully saturated rings. The molecule has 0 saturated carbocycles. The van der Waals surface area contributed by atoms with Crippen LogP contribution in [0.25, 0.3) is 0 Å². The first-order valence-electron chi connectivity index (χ1n) is 11.9. The van der Waals surface area contributed by atoms with Gasteiger partial charge in [-0.05, 0) is 61.7 Å². The van der Waals surface area contributed by atoms with E-state index in [0.29, 0.717) is 39.0 Å². The largest absolute Gasteiger partial charge is 0.494 e. The van der Waals surface area contributed by atoms with Gasteiger partial charge >= 0.3 is 0 Å². The van der Waals surface area contributed by atoms with Gasteiger partial charge in [0.15, 0.2) is 0 Å². The third kappa shape index (κ3) is 7.53. The summed E-state index contributed by atoms with van der Waals surface area (Å²) < 4.78 is 5.46. The van der Waals surface area contributed by atoms with Crippen LogP contribution in [0.2, 0.25) is 0 Å². The van der Waals surface area contributed by atoms with Crippen molar-refractivity contribution in [1.82, 2.24) is 15.3 Å². The van der Waals surface area contributed by atoms with Gasteiger partial charge in [-0.1, -0.05) is 18.2 Å². The Morgan fingerprint density at radius 3 is 2.47 bits per heavy atom. The van der Waals surface area contributed by atoms with Crippen LogP contribution in [0.15, 0.2) is 41.8 Å². The molecule has 2 heterocycles. The number of nitrogens with zero attached hydrogens (tertiary/aromatic N) is 2. The lowest BCUT2D eigenvalue weighted by atomic mass is 9.92. The van der Waals surface area contributed by atoms with Gasteiger partial charge in [0.05, 0.1) is 12.5 Å². The van der Waals surface area contributed by atoms with Gasteiger partial charge in [0, 0.05) is 37.6 Å². The maximum absolute atomic E-state index is 13.2. The van der Waals surface area contributed by atoms with Crippen molar-refractivity contribution in [2.45, 2.75) is 38.7 Å². The summed E-state index contributed by atoms with van der Waals surface area (Å²) >= 11 is 1.75. The number of ether oxygens (including phenoxy) is 1. The predicted molar refractivity (Wildman–Crippen MR) is 131 cm³/mol. The van der Waals surface area contributed by atoms with Crippen LogP contribution in [-0.2, 0) is 22.4 Å². The normalized spacial score (nSPS) is 16.1. The fourth-order valence-corrected chi connectivity index (χ4v) is 4.96. The summed E-state index contributed by atoms with van der Waals surface area (Å²) in [7, 11) is 0. The average Bonchev–Trinajstić information content (AvgIpc) is 3.39. The number of carbonyl (C=O) groups excluding carboxylic acids is 2. The molecule has 1 aliphatic heterocycles. The fraction of sp³-hybridized carbons (Fsp3) is 0.520. The molecule has 34 heavy (non-hydrogen) atoms. The molecule has 0 aliphatic carbocycles. The first kappa shape index (κ1) is 26.2. The number of nitrogens with one attached hydrogen (secondary N) is 1. The molecule has 0 unspecified atom stereocenters. The second-order valence-electron chi connectivity index (χ2n) is 8.49. The smallest absolute Gasteiger partial charge is 0.272 e. The summed E-state index contributed by atoms with van der Waals surface area (Å²) in [5, 5.41) is 21.5. The van der Waals surface area contributed by atoms with E-state index in [-0.39, 0.29) is 5.91 Å². The van der Waals surface area contributed by atoms with Gasteiger partial charge in [0.1, 0.15) is 11.9 Å². The molecule has 0 radical (unpaired) electrons. The predicted octanol–water partition coefficient (Wildman–Crippen LogP) is 2.34. The third-order valence-corrected chi connectivity index (χ3v) is 7.17. The lowest BCUT2D eigenvalue weighted by Gasteiger charge is -2.37. The van der Waals surface area contributed by atoms with Crippen molar-refractivity contribution < 1.29 is 24.6 Å². The standard InChI is InChI=1S/C25H35N3O5S/c1-2-33-20-10-8-19(9-11-20)5-3-7-22(23(29)24(30)26-32)25(31)28-16-14-27(15-17-28)13-12-21-6-4-18-34-21/h4,6,8-11,18,22-23,29,32H,2-3,5,7,12-17H2,1H3,(H,26,30)/t22-,23+/m1/s1. The molecule has 1 aromatic carbocycles. The van der Waals surface area contributed by atoms with E-state index in [1.165, 1.54) is 10.4 Å². The number of carbonyl (C=O) groups is 2. The maximum atomic E-state index is 13.2. The SMILES string of the molecule is CCOc1ccc(CCC[C@@H](C(=O)N2CCN(CCc3cccs3)CC2)[C@H](O)C(=O)NO)cc1. The minimum absolute atomic E-state index is 0.235. The van der Waals surface area contributed by atoms with E-state index in [2.05, 4.69) is 22.4 Å². The molecular weight excluding hydrogens is 454 g/mol. The van der Waals surface area contributed by atoms with Gasteiger partial charge in [-0.3, -0.25) is 19.7 Å². The number of hydrogen-bond donors (Lipinski definition) is 3. The molecule has 2 amide bonds. The Morgan fingerprint density at radius 2 is 1.85 bits per heavy atom. The lowest BCUT2D eigenvalue weighted by Crippen LogP contribution is -2.53. The Hall–Kier alpha value is -2.46. The number of thiophene rings is 1. The van der Waals surface area contributed by atoms with Gasteiger partial charge in [-0.2, -0.15) is 0 Å². The van der Waals surface area contributed by atoms with E-state index in [1.807, 2.05) is 31.2 Å². The van der Waals surface area contributed by atoms with Crippen molar-refractivity contribution in [3.63, 3.8) is 0 Å². The van der Waals surface area contributed by atoms with Crippen molar-refractivity contribution >= 4 is 23.2 Å². The molecule has 2 atom stereocenters. The van der Waals surface area contributed by atoms with Crippen LogP contribution >= 0.6 is 11.3 Å². The van der Waals surface area contributed by atoms with Gasteiger partial charge in [-0.15, -0.1) is 11.3 Å². The van der Waals surface area contributed by atoms with Crippen LogP contribution < -0.4 is 10.2 Å². The number of amides is 2. The number of benzene rings is 1. The second-order valence-corrected chi connectivity index (χ2v) is 9.53. The van der Waals surface area contributed by atoms with Gasteiger partial charge in [-0.25, -0.2) is 5.48 Å². The molecule has 186 valence electrons. The van der Waals surface area contributed by atoms with E-state index < -0.39 is 17.9 Å². The Balaban J connectivity index is 1.52. The number of aliphatic hydroxyl groups excluding tert-OH is 1. The first-order chi connectivity index (χ1) is 16.5. The molecule has 3 N–H and O–H groups in total. The van der Waals surface area contributed by atoms with Crippen molar-refractivity contribution in [2.24, 2.45) is 5.92 Å². The molecule has 0 bridgehead atoms. The van der Waals surface area contributed by atoms with E-state index in [1.54, 1.807) is 16.2 Å². The molecule has 1 saturated heterocycles. The minimum Gasteiger partial charge on any atom is -0.494 e. The maximum Gasteiger partial charge on any atom is 0.272 e. The Labute approximate surface area is 205 Å². The van der Waals surface area contributed by atoms with E-state index >= 15 is 0 Å². The molecule has 0 spiro atoms. The first-order valence-corrected chi connectivity index (χ1v) is 12.8. The molecule has 1 aliphatic rings. The van der Waals surface area contributed by atoms with Crippen LogP contribution in [0.5, 0.6) is 5.75 Å². The number of hydrogen-bond acceptors (Lipinski definition) is 7. The quantitative estimate of drug-likeness (QED) is 0.312. The van der Waals surface area contributed by atoms with Crippen LogP contribution in [0, 0.1) is 5.92 Å². The highest BCUT2D eigenvalue weighted by Gasteiger charge is 2.35. The molecule has 1 aromatic heterocycles. The van der Waals surface area contributed by atoms with Crippen LogP contribution in [0.1, 0.15) is 30.2 Å². The van der Waals surface area contributed by atoms with Crippen LogP contribution in [-0.4, -0.2) is 77.4 Å². The summed E-state index contributed by atoms with van der Waals surface area (Å²) in [4.78, 5) is 30.6. The van der Waals surface area contributed by atoms with E-state index in [9.17, 15) is 14.7 Å². The highest BCUT2D eigenvalue weighted by molar-refractivity contribution is 7.09. The minimum atomic E-state index is -1.59. The number of aryl methyl sites for hydroxylation is 1. The zero-order valence-electron chi connectivity index (χ0n) is 19.7. The monoisotopic (exact) mass is 489 g/mol. The molecule has 2 aromatic rings. The lowest BCUT2D eigenvalue weighted by molar-refractivity contribution is -0.151. The number of hydroxylamine groups is 1. The Bertz CT molecular complexity index is 882. The summed E-state index contributed by atoms with van der Waals surface area (Å²) in [6.07, 6.45) is 1.09. The summed E-state index contributed by atoms with van der Waals surface area (Å²) in [5.74, 6) is -1.27. The zero-order valence-corrected chi connectivity index (χ0v) is 20.5. The Morgan fingerprint density at radius 1 is 1.12 bits per heavy atom. The third-order valence-electron chi connectivity index (χ3n) is 6.23.